The van der Waals surface area contributed by atoms with Gasteiger partial charge in [-0.05, 0) is 50.3 Å². The summed E-state index contributed by atoms with van der Waals surface area (Å²) in [5.74, 6) is 1.14. The smallest absolute Gasteiger partial charge is 0.233 e. The lowest BCUT2D eigenvalue weighted by Crippen LogP contribution is -2.47. The van der Waals surface area contributed by atoms with Crippen molar-refractivity contribution >= 4 is 17.6 Å². The maximum atomic E-state index is 13.4. The number of aromatic nitrogens is 1. The number of likely N-dealkylation sites (tertiary alicyclic amines) is 1. The van der Waals surface area contributed by atoms with Crippen LogP contribution < -0.4 is 10.1 Å². The van der Waals surface area contributed by atoms with Crippen LogP contribution in [0.4, 0.5) is 5.82 Å². The number of piperidine rings is 1. The van der Waals surface area contributed by atoms with E-state index in [1.54, 1.807) is 19.4 Å². The number of para-hydroxylation sites is 1. The fraction of sp³-hybridized carbons (Fsp3) is 0.435. The van der Waals surface area contributed by atoms with Crippen LogP contribution >= 0.6 is 0 Å². The van der Waals surface area contributed by atoms with Gasteiger partial charge in [-0.1, -0.05) is 24.3 Å². The van der Waals surface area contributed by atoms with Gasteiger partial charge in [-0.15, -0.1) is 0 Å². The Morgan fingerprint density at radius 3 is 2.69 bits per heavy atom. The number of carbonyl (C=O) groups excluding carboxylic acids is 2. The normalized spacial score (nSPS) is 20.1. The first-order valence-corrected chi connectivity index (χ1v) is 10.2. The van der Waals surface area contributed by atoms with Crippen LogP contribution in [0.3, 0.4) is 0 Å². The summed E-state index contributed by atoms with van der Waals surface area (Å²) in [6, 6.07) is 11.5. The van der Waals surface area contributed by atoms with E-state index in [0.717, 1.165) is 42.6 Å². The van der Waals surface area contributed by atoms with Crippen molar-refractivity contribution in [3.8, 4) is 5.75 Å². The molecule has 1 N–H and O–H groups in total. The van der Waals surface area contributed by atoms with Gasteiger partial charge in [0, 0.05) is 24.8 Å². The highest BCUT2D eigenvalue weighted by molar-refractivity contribution is 5.94. The van der Waals surface area contributed by atoms with Crippen LogP contribution in [0.1, 0.15) is 36.8 Å². The van der Waals surface area contributed by atoms with Crippen molar-refractivity contribution in [2.45, 2.75) is 38.0 Å². The van der Waals surface area contributed by atoms with Gasteiger partial charge in [-0.25, -0.2) is 4.98 Å². The molecule has 0 bridgehead atoms. The average Bonchev–Trinajstić information content (AvgIpc) is 3.57. The van der Waals surface area contributed by atoms with E-state index in [4.69, 9.17) is 4.74 Å². The standard InChI is InChI=1S/C23H27N3O3/c1-16-9-10-20(24-14-16)25-21(27)17-6-5-13-26(15-17)22(28)23(11-12-23)18-7-3-4-8-19(18)29-2/h3-4,7-10,14,17H,5-6,11-13,15H2,1-2H3,(H,24,25,27). The van der Waals surface area contributed by atoms with Crippen LogP contribution in [0.5, 0.6) is 5.75 Å². The van der Waals surface area contributed by atoms with Crippen molar-refractivity contribution in [3.63, 3.8) is 0 Å². The third kappa shape index (κ3) is 3.84. The van der Waals surface area contributed by atoms with Gasteiger partial charge in [0.05, 0.1) is 18.4 Å². The lowest BCUT2D eigenvalue weighted by Gasteiger charge is -2.35. The van der Waals surface area contributed by atoms with Gasteiger partial charge in [0.25, 0.3) is 0 Å². The van der Waals surface area contributed by atoms with Crippen molar-refractivity contribution in [1.82, 2.24) is 9.88 Å². The molecule has 1 aromatic heterocycles. The third-order valence-electron chi connectivity index (χ3n) is 6.02. The summed E-state index contributed by atoms with van der Waals surface area (Å²) in [5, 5.41) is 2.89. The van der Waals surface area contributed by atoms with Crippen LogP contribution in [0.25, 0.3) is 0 Å². The number of anilines is 1. The molecule has 1 aliphatic carbocycles. The molecule has 2 aliphatic rings. The molecule has 152 valence electrons. The number of rotatable bonds is 5. The van der Waals surface area contributed by atoms with Gasteiger partial charge in [0.15, 0.2) is 0 Å². The van der Waals surface area contributed by atoms with Crippen molar-refractivity contribution in [2.24, 2.45) is 5.92 Å². The largest absolute Gasteiger partial charge is 0.496 e. The topological polar surface area (TPSA) is 71.5 Å². The van der Waals surface area contributed by atoms with Gasteiger partial charge in [0.2, 0.25) is 11.8 Å². The molecular weight excluding hydrogens is 366 g/mol. The zero-order valence-corrected chi connectivity index (χ0v) is 17.0. The van der Waals surface area contributed by atoms with Crippen LogP contribution in [0, 0.1) is 12.8 Å². The van der Waals surface area contributed by atoms with Crippen LogP contribution in [0.15, 0.2) is 42.6 Å². The predicted octanol–water partition coefficient (Wildman–Crippen LogP) is 3.31. The number of ether oxygens (including phenoxy) is 1. The molecule has 29 heavy (non-hydrogen) atoms. The predicted molar refractivity (Wildman–Crippen MR) is 111 cm³/mol. The maximum Gasteiger partial charge on any atom is 0.233 e. The van der Waals surface area contributed by atoms with E-state index in [-0.39, 0.29) is 17.7 Å². The van der Waals surface area contributed by atoms with Gasteiger partial charge in [0.1, 0.15) is 11.6 Å². The molecule has 2 fully saturated rings. The molecule has 6 heteroatoms. The molecule has 1 aromatic carbocycles. The van der Waals surface area contributed by atoms with Crippen LogP contribution in [-0.2, 0) is 15.0 Å². The molecule has 2 heterocycles. The Balaban J connectivity index is 1.46. The Kier molecular flexibility index (Phi) is 5.26. The highest BCUT2D eigenvalue weighted by atomic mass is 16.5. The van der Waals surface area contributed by atoms with Crippen molar-refractivity contribution in [1.29, 1.82) is 0 Å². The molecule has 1 unspecified atom stereocenters. The second-order valence-corrected chi connectivity index (χ2v) is 8.08. The van der Waals surface area contributed by atoms with E-state index in [2.05, 4.69) is 10.3 Å². The average molecular weight is 393 g/mol. The Hall–Kier alpha value is -2.89. The van der Waals surface area contributed by atoms with E-state index >= 15 is 0 Å². The van der Waals surface area contributed by atoms with Crippen molar-refractivity contribution in [2.75, 3.05) is 25.5 Å². The molecule has 0 radical (unpaired) electrons. The number of pyridine rings is 1. The summed E-state index contributed by atoms with van der Waals surface area (Å²) < 4.78 is 5.50. The highest BCUT2D eigenvalue weighted by Crippen LogP contribution is 2.52. The number of benzene rings is 1. The Bertz CT molecular complexity index is 906. The lowest BCUT2D eigenvalue weighted by atomic mass is 9.90. The van der Waals surface area contributed by atoms with Crippen molar-refractivity contribution < 1.29 is 14.3 Å². The molecule has 0 spiro atoms. The van der Waals surface area contributed by atoms with E-state index in [9.17, 15) is 9.59 Å². The Labute approximate surface area is 171 Å². The zero-order valence-electron chi connectivity index (χ0n) is 17.0. The van der Waals surface area contributed by atoms with Gasteiger partial charge >= 0.3 is 0 Å². The number of aryl methyl sites for hydroxylation is 1. The van der Waals surface area contributed by atoms with E-state index in [0.29, 0.717) is 18.9 Å². The monoisotopic (exact) mass is 393 g/mol. The van der Waals surface area contributed by atoms with E-state index < -0.39 is 5.41 Å². The second kappa shape index (κ2) is 7.85. The van der Waals surface area contributed by atoms with Gasteiger partial charge < -0.3 is 15.0 Å². The molecule has 1 atom stereocenters. The van der Waals surface area contributed by atoms with Crippen LogP contribution in [-0.4, -0.2) is 41.9 Å². The molecule has 6 nitrogen and oxygen atoms in total. The number of amides is 2. The maximum absolute atomic E-state index is 13.4. The number of nitrogens with zero attached hydrogens (tertiary/aromatic N) is 2. The summed E-state index contributed by atoms with van der Waals surface area (Å²) in [7, 11) is 1.64. The number of methoxy groups -OCH3 is 1. The van der Waals surface area contributed by atoms with Crippen LogP contribution in [0.2, 0.25) is 0 Å². The third-order valence-corrected chi connectivity index (χ3v) is 6.02. The number of hydrogen-bond acceptors (Lipinski definition) is 4. The molecule has 1 saturated carbocycles. The van der Waals surface area contributed by atoms with E-state index in [1.807, 2.05) is 42.2 Å². The Morgan fingerprint density at radius 2 is 2.00 bits per heavy atom. The molecule has 1 aliphatic heterocycles. The Morgan fingerprint density at radius 1 is 1.21 bits per heavy atom. The molecule has 2 aromatic rings. The highest BCUT2D eigenvalue weighted by Gasteiger charge is 2.54. The summed E-state index contributed by atoms with van der Waals surface area (Å²) >= 11 is 0. The molecule has 2 amide bonds. The summed E-state index contributed by atoms with van der Waals surface area (Å²) in [5.41, 5.74) is 1.51. The minimum atomic E-state index is -0.497. The minimum absolute atomic E-state index is 0.0685. The quantitative estimate of drug-likeness (QED) is 0.846. The fourth-order valence-corrected chi connectivity index (χ4v) is 4.21. The summed E-state index contributed by atoms with van der Waals surface area (Å²) in [6.07, 6.45) is 4.99. The van der Waals surface area contributed by atoms with Crippen molar-refractivity contribution in [3.05, 3.63) is 53.7 Å². The molecule has 4 rings (SSSR count). The first-order chi connectivity index (χ1) is 14.0. The van der Waals surface area contributed by atoms with Gasteiger partial charge in [-0.2, -0.15) is 0 Å². The lowest BCUT2D eigenvalue weighted by molar-refractivity contribution is -0.137. The first-order valence-electron chi connectivity index (χ1n) is 10.2. The number of hydrogen-bond donors (Lipinski definition) is 1. The minimum Gasteiger partial charge on any atom is -0.496 e. The zero-order chi connectivity index (χ0) is 20.4. The summed E-state index contributed by atoms with van der Waals surface area (Å²) in [6.45, 7) is 3.11. The molecule has 1 saturated heterocycles. The molecular formula is C23H27N3O3. The van der Waals surface area contributed by atoms with Gasteiger partial charge in [-0.3, -0.25) is 9.59 Å². The SMILES string of the molecule is COc1ccccc1C1(C(=O)N2CCCC(C(=O)Nc3ccc(C)cn3)C2)CC1. The number of nitrogens with one attached hydrogen (secondary N) is 1. The first kappa shape index (κ1) is 19.4. The number of carbonyl (C=O) groups is 2. The summed E-state index contributed by atoms with van der Waals surface area (Å²) in [4.78, 5) is 32.3. The van der Waals surface area contributed by atoms with E-state index in [1.165, 1.54) is 0 Å². The second-order valence-electron chi connectivity index (χ2n) is 8.08. The fourth-order valence-electron chi connectivity index (χ4n) is 4.21.